The molecule has 14 heterocycles. The first-order valence-corrected chi connectivity index (χ1v) is 49.5. The van der Waals surface area contributed by atoms with E-state index in [1.54, 1.807) is 130 Å². The Bertz CT molecular complexity index is 6050. The molecule has 0 radical (unpaired) electrons. The Hall–Kier alpha value is -13.4. The lowest BCUT2D eigenvalue weighted by Gasteiger charge is -2.42. The van der Waals surface area contributed by atoms with E-state index in [4.69, 9.17) is 26.3 Å². The van der Waals surface area contributed by atoms with Crippen LogP contribution in [0.15, 0.2) is 252 Å². The van der Waals surface area contributed by atoms with Crippen molar-refractivity contribution in [2.24, 2.45) is 5.84 Å². The van der Waals surface area contributed by atoms with Gasteiger partial charge in [-0.2, -0.15) is 5.10 Å². The highest BCUT2D eigenvalue weighted by Crippen LogP contribution is 2.37. The number of aryl methyl sites for hydroxylation is 11. The van der Waals surface area contributed by atoms with Crippen LogP contribution in [0.25, 0.3) is 0 Å². The quantitative estimate of drug-likeness (QED) is 0.0249. The van der Waals surface area contributed by atoms with Crippen LogP contribution < -0.4 is 42.9 Å². The molecule has 2 aliphatic carbocycles. The van der Waals surface area contributed by atoms with Crippen molar-refractivity contribution in [3.8, 4) is 0 Å². The normalized spacial score (nSPS) is 11.6. The predicted octanol–water partition coefficient (Wildman–Crippen LogP) is 23.3. The van der Waals surface area contributed by atoms with Gasteiger partial charge in [0.2, 0.25) is 5.76 Å². The number of carbonyl (C=O) groups excluding carboxylic acids is 5. The van der Waals surface area contributed by atoms with Crippen molar-refractivity contribution in [3.05, 3.63) is 350 Å². The molecule has 2 saturated carbocycles. The molecule has 2 aliphatic rings. The summed E-state index contributed by atoms with van der Waals surface area (Å²) in [5.74, 6) is 8.65. The van der Waals surface area contributed by atoms with Gasteiger partial charge >= 0.3 is 11.8 Å². The molecule has 2 fully saturated rings. The summed E-state index contributed by atoms with van der Waals surface area (Å²) in [4.78, 5) is 105. The fraction of sp³-hybridized carbons (Fsp3) is 0.320. The van der Waals surface area contributed by atoms with Crippen LogP contribution in [0, 0.1) is 76.2 Å². The average molecular weight is 1980 g/mol. The molecule has 15 aromatic rings. The Morgan fingerprint density at radius 3 is 1.62 bits per heavy atom. The molecule has 0 unspecified atom stereocenters. The van der Waals surface area contributed by atoms with Crippen molar-refractivity contribution in [1.82, 2.24) is 80.9 Å². The van der Waals surface area contributed by atoms with E-state index in [-0.39, 0.29) is 41.0 Å². The molecule has 0 atom stereocenters. The van der Waals surface area contributed by atoms with Gasteiger partial charge in [-0.05, 0) is 273 Å². The molecule has 0 saturated heterocycles. The van der Waals surface area contributed by atoms with Gasteiger partial charge in [0.25, 0.3) is 17.7 Å². The zero-order valence-corrected chi connectivity index (χ0v) is 87.0. The zero-order chi connectivity index (χ0) is 100. The standard InChI is InChI=1S/C19H24N4O2.C12H14N4O2.C12H13N3OS.C11H12N4OS.C11H11N3OS.C10H15N.C9H14S.C8H11N.C6H8S.C5H5ClN2/c1-14-21-13-17(25-14)19(24)23(16-10-11-16)22(15-7-3-2-4-8-15)18-9-5-6-12-20-18;1-3-16(15-11-8-13-6-7-14-11)12(17)10-5-4-9(2)18-10;1-9-3-4-11(17-9)12(16)14-15(2)10-5-7-13-8-6-10;1-8-6-14-10(17-8)11(16)15(12)7-9-2-4-13-5-3-9;1-8-5-6-9(16-8)11(15)14-13-10-4-2-3-7-12-10;1-8-5-6-9(7-11-8)10(2,3)4;1-7-5-8(10-6-7)9(2,3)4;1-7-3-5-8(9-2)6-4-7;1-5-3-6(2)7-4-5;1-4-2-3-5(6)8-7-4/h5-6,9,12-13,15-16H,2-4,7-8,10-11H2,1H3;4-8H,3H2,1-2H3,(H,14,15);3-8H,1-2H3,(H,14,16);2-6H,7,12H2,1H3;2-7H,1H3,(H,12,13)(H,14,15);5-7H,1-4H3;5-6H,1-4H3;3-6,9H,1-2H3;3-4H,1-2H3;2-3H,1H3. The maximum atomic E-state index is 13.2. The number of carbonyl (C=O) groups is 5. The number of benzene rings is 1. The Labute approximate surface area is 835 Å². The van der Waals surface area contributed by atoms with Crippen molar-refractivity contribution in [2.75, 3.05) is 46.8 Å². The van der Waals surface area contributed by atoms with Crippen LogP contribution in [0.4, 0.5) is 28.8 Å². The van der Waals surface area contributed by atoms with E-state index in [2.05, 4.69) is 216 Å². The Kier molecular flexibility index (Phi) is 44.9. The van der Waals surface area contributed by atoms with Gasteiger partial charge in [-0.15, -0.1) is 61.8 Å². The third-order valence-electron chi connectivity index (χ3n) is 19.9. The van der Waals surface area contributed by atoms with Crippen LogP contribution in [-0.4, -0.2) is 132 Å². The second-order valence-electron chi connectivity index (χ2n) is 34.0. The molecular formula is C103H127ClN22O7S5. The molecule has 35 heteroatoms. The summed E-state index contributed by atoms with van der Waals surface area (Å²) in [5, 5.41) is 23.9. The van der Waals surface area contributed by atoms with E-state index >= 15 is 0 Å². The SMILES string of the molecule is CCN(Nc1cnccn1)C(=O)c1ccc(C)o1.CNc1ccc(C)cc1.Cc1ccc(C(=O)NN(C)c2ccncc2)s1.Cc1ccc(C(=O)NNc2ccccn2)s1.Cc1ccc(C(C)(C)C)cn1.Cc1ccc(Cl)nn1.Cc1cnc(C(=O)N(N)Cc2ccncc2)s1.Cc1csc(C(C)(C)C)c1.Cc1csc(C)c1.Cc1ncc(C(=O)N(C2CC2)N(c2ccccn2)C2CCCCC2)o1. The number of hydrazine groups is 5. The van der Waals surface area contributed by atoms with Crippen LogP contribution in [0.3, 0.4) is 0 Å². The molecule has 0 aliphatic heterocycles. The molecular weight excluding hydrogens is 1850 g/mol. The van der Waals surface area contributed by atoms with Gasteiger partial charge in [-0.1, -0.05) is 108 Å². The highest BCUT2D eigenvalue weighted by Gasteiger charge is 2.42. The van der Waals surface area contributed by atoms with Crippen LogP contribution in [0.2, 0.25) is 5.15 Å². The molecule has 0 spiro atoms. The second kappa shape index (κ2) is 56.4. The summed E-state index contributed by atoms with van der Waals surface area (Å²) >= 11 is 13.4. The molecule has 29 nitrogen and oxygen atoms in total. The van der Waals surface area contributed by atoms with E-state index in [9.17, 15) is 24.0 Å². The molecule has 1 aromatic carbocycles. The zero-order valence-electron chi connectivity index (χ0n) is 82.1. The van der Waals surface area contributed by atoms with Gasteiger partial charge in [0.05, 0.1) is 52.2 Å². The Balaban J connectivity index is 0.000000192. The van der Waals surface area contributed by atoms with E-state index in [0.29, 0.717) is 79.3 Å². The number of oxazole rings is 1. The molecule has 728 valence electrons. The number of thiophene rings is 4. The Morgan fingerprint density at radius 1 is 0.507 bits per heavy atom. The van der Waals surface area contributed by atoms with Crippen molar-refractivity contribution in [3.63, 3.8) is 0 Å². The number of nitrogens with one attached hydrogen (secondary N) is 5. The number of anilines is 5. The fourth-order valence-corrected chi connectivity index (χ4v) is 16.4. The van der Waals surface area contributed by atoms with Crippen molar-refractivity contribution in [1.29, 1.82) is 0 Å². The number of pyridine rings is 5. The van der Waals surface area contributed by atoms with E-state index in [1.807, 2.05) is 150 Å². The topological polar surface area (TPSA) is 356 Å². The molecule has 138 heavy (non-hydrogen) atoms. The third-order valence-corrected chi connectivity index (χ3v) is 25.4. The van der Waals surface area contributed by atoms with Gasteiger partial charge in [0.1, 0.15) is 17.4 Å². The minimum atomic E-state index is -0.264. The van der Waals surface area contributed by atoms with E-state index < -0.39 is 0 Å². The molecule has 7 N–H and O–H groups in total. The van der Waals surface area contributed by atoms with E-state index in [1.165, 1.54) is 102 Å². The summed E-state index contributed by atoms with van der Waals surface area (Å²) < 4.78 is 10.8. The largest absolute Gasteiger partial charge is 0.456 e. The van der Waals surface area contributed by atoms with Gasteiger partial charge in [0, 0.05) is 125 Å². The van der Waals surface area contributed by atoms with Gasteiger partial charge in [-0.3, -0.25) is 80.6 Å². The number of furan rings is 1. The van der Waals surface area contributed by atoms with Gasteiger partial charge in [0.15, 0.2) is 27.6 Å². The predicted molar refractivity (Wildman–Crippen MR) is 560 cm³/mol. The summed E-state index contributed by atoms with van der Waals surface area (Å²) in [5.41, 5.74) is 21.9. The number of nitrogens with zero attached hydrogens (tertiary/aromatic N) is 16. The first-order valence-electron chi connectivity index (χ1n) is 44.9. The lowest BCUT2D eigenvalue weighted by molar-refractivity contribution is 0.0649. The first kappa shape index (κ1) is 110. The average Bonchev–Trinajstić information content (AvgIpc) is 1.61. The highest BCUT2D eigenvalue weighted by atomic mass is 35.5. The number of amides is 5. The number of hydrogen-bond acceptors (Lipinski definition) is 29. The maximum absolute atomic E-state index is 13.2. The second-order valence-corrected chi connectivity index (χ2v) is 40.2. The minimum Gasteiger partial charge on any atom is -0.456 e. The monoisotopic (exact) mass is 1980 g/mol. The smallest absolute Gasteiger partial charge is 0.310 e. The van der Waals surface area contributed by atoms with Crippen LogP contribution in [0.1, 0.15) is 219 Å². The van der Waals surface area contributed by atoms with Crippen molar-refractivity contribution >= 4 is 127 Å². The number of thiazole rings is 1. The lowest BCUT2D eigenvalue weighted by atomic mass is 9.88. The van der Waals surface area contributed by atoms with Crippen LogP contribution >= 0.6 is 68.3 Å². The number of hydrogen-bond donors (Lipinski definition) is 6. The van der Waals surface area contributed by atoms with Crippen molar-refractivity contribution in [2.45, 2.75) is 199 Å². The van der Waals surface area contributed by atoms with Gasteiger partial charge in [-0.25, -0.2) is 40.8 Å². The third kappa shape index (κ3) is 39.0. The lowest BCUT2D eigenvalue weighted by Crippen LogP contribution is -2.54. The van der Waals surface area contributed by atoms with E-state index in [0.717, 1.165) is 73.8 Å². The molecule has 14 aromatic heterocycles. The summed E-state index contributed by atoms with van der Waals surface area (Å²) in [7, 11) is 3.72. The number of aromatic nitrogens is 11. The van der Waals surface area contributed by atoms with Crippen molar-refractivity contribution < 1.29 is 32.8 Å². The number of halogens is 1. The number of nitrogens with two attached hydrogens (primary N) is 1. The van der Waals surface area contributed by atoms with Crippen LogP contribution in [0.5, 0.6) is 0 Å². The fourth-order valence-electron chi connectivity index (χ4n) is 12.4. The maximum Gasteiger partial charge on any atom is 0.310 e. The first-order chi connectivity index (χ1) is 65.9. The highest BCUT2D eigenvalue weighted by molar-refractivity contribution is 7.14. The minimum absolute atomic E-state index is 0.0950. The Morgan fingerprint density at radius 2 is 1.14 bits per heavy atom. The summed E-state index contributed by atoms with van der Waals surface area (Å²) in [6.07, 6.45) is 27.9. The van der Waals surface area contributed by atoms with Crippen LogP contribution in [-0.2, 0) is 17.4 Å². The molecule has 5 amide bonds. The number of rotatable bonds is 19. The summed E-state index contributed by atoms with van der Waals surface area (Å²) in [6.45, 7) is 37.8. The molecule has 17 rings (SSSR count). The van der Waals surface area contributed by atoms with Gasteiger partial charge < -0.3 is 14.2 Å². The molecule has 0 bridgehead atoms. The summed E-state index contributed by atoms with van der Waals surface area (Å²) in [6, 6.07) is 50.5.